The van der Waals surface area contributed by atoms with Gasteiger partial charge in [-0.1, -0.05) is 132 Å². The number of hydrogen-bond donors (Lipinski definition) is 0. The van der Waals surface area contributed by atoms with Crippen LogP contribution in [0.5, 0.6) is 0 Å². The standard InChI is InChI=1S/2C20H13.C2H6Si.2ClH.Zr/c2*1-12-10-14-8-9-16-15-6-2-4-13-5-3-7-17(19(13)15)20(16)18(14)11-12;1-3-2;;;/h2*2-11H,1H3;1-2H3;2*1H;/q2*-1;;;;+2/p-2. The number of aryl methyl sites for hydroxylation is 2. The molecule has 0 atom stereocenters. The molecule has 0 bridgehead atoms. The Morgan fingerprint density at radius 3 is 1.17 bits per heavy atom. The van der Waals surface area contributed by atoms with Crippen molar-refractivity contribution in [3.8, 4) is 44.5 Å². The normalized spacial score (nSPS) is 11.3. The Kier molecular flexibility index (Phi) is 9.05. The van der Waals surface area contributed by atoms with E-state index in [-0.39, 0.29) is 30.2 Å². The van der Waals surface area contributed by atoms with Crippen LogP contribution in [0.15, 0.2) is 121 Å². The van der Waals surface area contributed by atoms with Crippen LogP contribution in [0.25, 0.3) is 87.6 Å². The molecule has 0 fully saturated rings. The van der Waals surface area contributed by atoms with Crippen molar-refractivity contribution >= 4 is 48.5 Å². The van der Waals surface area contributed by atoms with Crippen molar-refractivity contribution < 1.29 is 48.1 Å². The summed E-state index contributed by atoms with van der Waals surface area (Å²) in [6, 6.07) is 44.8. The maximum atomic E-state index is 2.32. The van der Waals surface area contributed by atoms with Crippen LogP contribution in [0.2, 0.25) is 13.1 Å². The zero-order valence-electron chi connectivity index (χ0n) is 26.3. The topological polar surface area (TPSA) is 0 Å². The third-order valence-corrected chi connectivity index (χ3v) is 9.00. The Balaban J connectivity index is 0.000000140. The van der Waals surface area contributed by atoms with Gasteiger partial charge >= 0.3 is 41.9 Å². The minimum Gasteiger partial charge on any atom is -1.00 e. The van der Waals surface area contributed by atoms with E-state index < -0.39 is 0 Å². The first-order valence-corrected chi connectivity index (χ1v) is 21.5. The zero-order valence-corrected chi connectivity index (χ0v) is 31.3. The van der Waals surface area contributed by atoms with Gasteiger partial charge in [-0.15, -0.1) is 56.9 Å². The van der Waals surface area contributed by atoms with E-state index in [2.05, 4.69) is 148 Å². The number of fused-ring (bicyclic) bond motifs is 10. The van der Waals surface area contributed by atoms with Crippen molar-refractivity contribution in [1.82, 2.24) is 0 Å². The monoisotopic (exact) mass is 724 g/mol. The van der Waals surface area contributed by atoms with E-state index in [1.54, 1.807) is 23.3 Å². The van der Waals surface area contributed by atoms with Crippen molar-refractivity contribution in [2.24, 2.45) is 0 Å². The van der Waals surface area contributed by atoms with Crippen LogP contribution in [0, 0.1) is 13.8 Å². The smallest absolute Gasteiger partial charge is 0.0127 e. The Morgan fingerprint density at radius 2 is 0.804 bits per heavy atom. The van der Waals surface area contributed by atoms with Crippen molar-refractivity contribution in [1.29, 1.82) is 0 Å². The fourth-order valence-electron chi connectivity index (χ4n) is 7.44. The van der Waals surface area contributed by atoms with Crippen LogP contribution >= 0.6 is 0 Å². The fourth-order valence-corrected chi connectivity index (χ4v) is 7.44. The first-order valence-electron chi connectivity index (χ1n) is 15.4. The van der Waals surface area contributed by atoms with Crippen molar-refractivity contribution in [3.63, 3.8) is 0 Å². The molecule has 0 aliphatic heterocycles. The second kappa shape index (κ2) is 12.7. The van der Waals surface area contributed by atoms with Crippen LogP contribution in [0.4, 0.5) is 0 Å². The van der Waals surface area contributed by atoms with Gasteiger partial charge in [-0.05, 0) is 32.7 Å². The summed E-state index contributed by atoms with van der Waals surface area (Å²) in [4.78, 5) is 0. The molecule has 0 nitrogen and oxygen atoms in total. The number of benzene rings is 6. The molecule has 224 valence electrons. The average molecular weight is 727 g/mol. The van der Waals surface area contributed by atoms with Gasteiger partial charge in [0.2, 0.25) is 0 Å². The van der Waals surface area contributed by atoms with E-state index in [0.29, 0.717) is 0 Å². The van der Waals surface area contributed by atoms with Crippen LogP contribution in [-0.2, 0) is 23.3 Å². The molecule has 2 aliphatic rings. The summed E-state index contributed by atoms with van der Waals surface area (Å²) in [6.45, 7) is 8.97. The molecule has 0 amide bonds. The molecule has 0 N–H and O–H groups in total. The van der Waals surface area contributed by atoms with Crippen molar-refractivity contribution in [2.45, 2.75) is 26.9 Å². The summed E-state index contributed by atoms with van der Waals surface area (Å²) in [5.41, 5.74) is 14.1. The van der Waals surface area contributed by atoms with Gasteiger partial charge in [0.15, 0.2) is 0 Å². The first-order chi connectivity index (χ1) is 21.4. The number of hydrogen-bond acceptors (Lipinski definition) is 0. The van der Waals surface area contributed by atoms with E-state index in [1.165, 1.54) is 98.7 Å². The van der Waals surface area contributed by atoms with E-state index in [0.717, 1.165) is 0 Å². The summed E-state index contributed by atoms with van der Waals surface area (Å²) in [5.74, 6) is 0. The van der Waals surface area contributed by atoms with Crippen LogP contribution < -0.4 is 24.8 Å². The molecule has 0 heterocycles. The number of halogens is 2. The Morgan fingerprint density at radius 1 is 0.457 bits per heavy atom. The van der Waals surface area contributed by atoms with Crippen molar-refractivity contribution in [2.75, 3.05) is 0 Å². The SMILES string of the molecule is C[Si](C)=[Zr+2].Cc1cc2ccc3c(c2[cH-]1)-c1cccc2cccc-3c12.Cc1cc2ccc3c(c2[cH-]1)-c1cccc2cccc-3c12.[Cl-].[Cl-]. The fraction of sp³-hybridized carbons (Fsp3) is 0.0952. The Labute approximate surface area is 298 Å². The van der Waals surface area contributed by atoms with Gasteiger partial charge in [-0.25, -0.2) is 0 Å². The molecule has 0 unspecified atom stereocenters. The zero-order chi connectivity index (χ0) is 30.1. The van der Waals surface area contributed by atoms with E-state index >= 15 is 0 Å². The van der Waals surface area contributed by atoms with Crippen molar-refractivity contribution in [3.05, 3.63) is 132 Å². The third-order valence-electron chi connectivity index (χ3n) is 9.00. The summed E-state index contributed by atoms with van der Waals surface area (Å²) < 4.78 is 0. The molecule has 0 spiro atoms. The summed E-state index contributed by atoms with van der Waals surface area (Å²) >= 11 is 1.74. The second-order valence-electron chi connectivity index (χ2n) is 12.5. The Bertz CT molecular complexity index is 2280. The van der Waals surface area contributed by atoms with Gasteiger partial charge in [0, 0.05) is 0 Å². The molecule has 10 rings (SSSR count). The minimum atomic E-state index is 0. The summed E-state index contributed by atoms with van der Waals surface area (Å²) in [5, 5.41) is 11.0. The predicted octanol–water partition coefficient (Wildman–Crippen LogP) is 6.13. The minimum absolute atomic E-state index is 0. The first kappa shape index (κ1) is 32.7. The van der Waals surface area contributed by atoms with E-state index in [1.807, 2.05) is 0 Å². The molecule has 46 heavy (non-hydrogen) atoms. The molecular weight excluding hydrogens is 695 g/mol. The quantitative estimate of drug-likeness (QED) is 0.131. The molecule has 8 aromatic rings. The molecular formula is C42H32Cl2SiZr-2. The van der Waals surface area contributed by atoms with E-state index in [9.17, 15) is 0 Å². The summed E-state index contributed by atoms with van der Waals surface area (Å²) in [7, 11) is 0. The van der Waals surface area contributed by atoms with Gasteiger partial charge in [-0.2, -0.15) is 12.1 Å². The van der Waals surface area contributed by atoms with Gasteiger partial charge < -0.3 is 24.8 Å². The summed E-state index contributed by atoms with van der Waals surface area (Å²) in [6.07, 6.45) is 0. The van der Waals surface area contributed by atoms with Gasteiger partial charge in [0.1, 0.15) is 0 Å². The largest absolute Gasteiger partial charge is 1.00 e. The predicted molar refractivity (Wildman–Crippen MR) is 190 cm³/mol. The van der Waals surface area contributed by atoms with Crippen LogP contribution in [0.3, 0.4) is 0 Å². The van der Waals surface area contributed by atoms with Gasteiger partial charge in [0.05, 0.1) is 0 Å². The molecule has 0 radical (unpaired) electrons. The molecule has 4 heteroatoms. The maximum absolute atomic E-state index is 2.32. The molecule has 0 saturated carbocycles. The van der Waals surface area contributed by atoms with Gasteiger partial charge in [0.25, 0.3) is 0 Å². The molecule has 2 aliphatic carbocycles. The van der Waals surface area contributed by atoms with Crippen LogP contribution in [-0.4, -0.2) is 5.43 Å². The second-order valence-corrected chi connectivity index (χ2v) is 21.8. The Hall–Kier alpha value is -3.26. The van der Waals surface area contributed by atoms with Crippen LogP contribution in [0.1, 0.15) is 11.1 Å². The third kappa shape index (κ3) is 5.25. The maximum Gasteiger partial charge on any atom is -0.0127 e. The molecule has 8 aromatic carbocycles. The van der Waals surface area contributed by atoms with Gasteiger partial charge in [-0.3, -0.25) is 0 Å². The number of rotatable bonds is 0. The van der Waals surface area contributed by atoms with E-state index in [4.69, 9.17) is 0 Å². The molecule has 0 saturated heterocycles. The molecule has 0 aromatic heterocycles. The average Bonchev–Trinajstić information content (AvgIpc) is 3.75.